The number of likely N-dealkylation sites (N-methyl/N-ethyl adjacent to an activating group) is 2. The van der Waals surface area contributed by atoms with Crippen molar-refractivity contribution in [2.45, 2.75) is 6.54 Å². The number of ether oxygens (including phenoxy) is 1. The number of nitrogens with one attached hydrogen (secondary N) is 1. The fourth-order valence-electron chi connectivity index (χ4n) is 2.10. The van der Waals surface area contributed by atoms with Crippen LogP contribution in [-0.2, 0) is 6.54 Å². The van der Waals surface area contributed by atoms with E-state index >= 15 is 0 Å². The van der Waals surface area contributed by atoms with Gasteiger partial charge in [0.25, 0.3) is 0 Å². The van der Waals surface area contributed by atoms with Gasteiger partial charge < -0.3 is 15.8 Å². The zero-order valence-electron chi connectivity index (χ0n) is 12.7. The fourth-order valence-corrected chi connectivity index (χ4v) is 3.03. The maximum Gasteiger partial charge on any atom is 0.180 e. The van der Waals surface area contributed by atoms with Crippen molar-refractivity contribution in [3.05, 3.63) is 29.1 Å². The molecule has 0 spiro atoms. The van der Waals surface area contributed by atoms with Crippen LogP contribution in [0.25, 0.3) is 11.3 Å². The number of anilines is 1. The number of thiazole rings is 1. The van der Waals surface area contributed by atoms with Crippen LogP contribution in [0.3, 0.4) is 0 Å². The smallest absolute Gasteiger partial charge is 0.180 e. The Labute approximate surface area is 129 Å². The van der Waals surface area contributed by atoms with E-state index in [9.17, 15) is 0 Å². The maximum absolute atomic E-state index is 5.91. The number of hydrogen-bond acceptors (Lipinski definition) is 6. The number of aromatic nitrogens is 1. The number of benzene rings is 1. The predicted molar refractivity (Wildman–Crippen MR) is 88.8 cm³/mol. The van der Waals surface area contributed by atoms with Crippen LogP contribution >= 0.6 is 11.3 Å². The zero-order chi connectivity index (χ0) is 15.2. The van der Waals surface area contributed by atoms with Crippen LogP contribution in [0.15, 0.2) is 24.3 Å². The minimum absolute atomic E-state index is 0.602. The molecular formula is C15H22N4OS. The van der Waals surface area contributed by atoms with Crippen molar-refractivity contribution in [1.82, 2.24) is 15.2 Å². The third-order valence-corrected chi connectivity index (χ3v) is 4.08. The molecule has 0 amide bonds. The number of rotatable bonds is 7. The van der Waals surface area contributed by atoms with E-state index in [0.717, 1.165) is 36.6 Å². The van der Waals surface area contributed by atoms with E-state index in [1.165, 1.54) is 4.88 Å². The topological polar surface area (TPSA) is 63.4 Å². The summed E-state index contributed by atoms with van der Waals surface area (Å²) >= 11 is 1.55. The monoisotopic (exact) mass is 306 g/mol. The minimum atomic E-state index is 0.602. The first-order valence-corrected chi connectivity index (χ1v) is 7.68. The molecule has 0 aliphatic heterocycles. The number of hydrogen-bond donors (Lipinski definition) is 2. The summed E-state index contributed by atoms with van der Waals surface area (Å²) in [5, 5.41) is 3.76. The molecule has 0 unspecified atom stereocenters. The number of nitrogen functional groups attached to an aromatic ring is 1. The molecule has 114 valence electrons. The van der Waals surface area contributed by atoms with Gasteiger partial charge in [0.05, 0.1) is 12.8 Å². The predicted octanol–water partition coefficient (Wildman–Crippen LogP) is 2.05. The SMILES string of the molecule is CNCCN(C)Cc1sc(N)nc1-c1cccc(OC)c1. The molecule has 5 nitrogen and oxygen atoms in total. The third-order valence-electron chi connectivity index (χ3n) is 3.21. The second-order valence-electron chi connectivity index (χ2n) is 4.90. The summed E-state index contributed by atoms with van der Waals surface area (Å²) in [4.78, 5) is 7.93. The molecule has 3 N–H and O–H groups in total. The van der Waals surface area contributed by atoms with E-state index in [-0.39, 0.29) is 0 Å². The first kappa shape index (κ1) is 15.8. The second kappa shape index (κ2) is 7.40. The molecule has 0 fully saturated rings. The van der Waals surface area contributed by atoms with Crippen LogP contribution in [-0.4, -0.2) is 44.2 Å². The van der Waals surface area contributed by atoms with Crippen molar-refractivity contribution >= 4 is 16.5 Å². The first-order chi connectivity index (χ1) is 10.1. The van der Waals surface area contributed by atoms with Crippen LogP contribution in [0.2, 0.25) is 0 Å². The van der Waals surface area contributed by atoms with Crippen molar-refractivity contribution in [1.29, 1.82) is 0 Å². The molecule has 0 saturated carbocycles. The Kier molecular flexibility index (Phi) is 5.55. The van der Waals surface area contributed by atoms with Crippen molar-refractivity contribution < 1.29 is 4.74 Å². The van der Waals surface area contributed by atoms with Gasteiger partial charge in [-0.2, -0.15) is 0 Å². The van der Waals surface area contributed by atoms with E-state index in [2.05, 4.69) is 22.2 Å². The molecule has 0 bridgehead atoms. The molecule has 1 aromatic carbocycles. The Morgan fingerprint density at radius 3 is 2.95 bits per heavy atom. The normalized spacial score (nSPS) is 11.0. The summed E-state index contributed by atoms with van der Waals surface area (Å²) in [5.74, 6) is 0.827. The quantitative estimate of drug-likeness (QED) is 0.820. The number of nitrogens with two attached hydrogens (primary N) is 1. The average molecular weight is 306 g/mol. The molecule has 1 aromatic heterocycles. The molecule has 21 heavy (non-hydrogen) atoms. The highest BCUT2D eigenvalue weighted by atomic mass is 32.1. The van der Waals surface area contributed by atoms with Gasteiger partial charge in [-0.05, 0) is 26.2 Å². The highest BCUT2D eigenvalue weighted by Gasteiger charge is 2.14. The Morgan fingerprint density at radius 1 is 1.43 bits per heavy atom. The second-order valence-corrected chi connectivity index (χ2v) is 6.01. The fraction of sp³-hybridized carbons (Fsp3) is 0.400. The lowest BCUT2D eigenvalue weighted by molar-refractivity contribution is 0.331. The standard InChI is InChI=1S/C15H22N4OS/c1-17-7-8-19(2)10-13-14(18-15(16)21-13)11-5-4-6-12(9-11)20-3/h4-6,9,17H,7-8,10H2,1-3H3,(H2,16,18). The summed E-state index contributed by atoms with van der Waals surface area (Å²) in [6.07, 6.45) is 0. The molecular weight excluding hydrogens is 284 g/mol. The Balaban J connectivity index is 2.23. The van der Waals surface area contributed by atoms with Gasteiger partial charge in [0, 0.05) is 30.1 Å². The minimum Gasteiger partial charge on any atom is -0.497 e. The van der Waals surface area contributed by atoms with Gasteiger partial charge in [-0.15, -0.1) is 11.3 Å². The highest BCUT2D eigenvalue weighted by molar-refractivity contribution is 7.15. The number of nitrogens with zero attached hydrogens (tertiary/aromatic N) is 2. The average Bonchev–Trinajstić information content (AvgIpc) is 2.85. The summed E-state index contributed by atoms with van der Waals surface area (Å²) in [6, 6.07) is 7.93. The Bertz CT molecular complexity index is 585. The van der Waals surface area contributed by atoms with Crippen LogP contribution in [0, 0.1) is 0 Å². The Morgan fingerprint density at radius 2 is 2.24 bits per heavy atom. The van der Waals surface area contributed by atoms with Crippen molar-refractivity contribution in [2.75, 3.05) is 40.0 Å². The zero-order valence-corrected chi connectivity index (χ0v) is 13.5. The van der Waals surface area contributed by atoms with Crippen LogP contribution in [0.1, 0.15) is 4.88 Å². The summed E-state index contributed by atoms with van der Waals surface area (Å²) in [5.41, 5.74) is 7.90. The lowest BCUT2D eigenvalue weighted by Gasteiger charge is -2.16. The largest absolute Gasteiger partial charge is 0.497 e. The van der Waals surface area contributed by atoms with E-state index in [1.54, 1.807) is 18.4 Å². The molecule has 6 heteroatoms. The van der Waals surface area contributed by atoms with Gasteiger partial charge in [-0.3, -0.25) is 4.90 Å². The van der Waals surface area contributed by atoms with Crippen molar-refractivity contribution in [3.8, 4) is 17.0 Å². The summed E-state index contributed by atoms with van der Waals surface area (Å²) in [6.45, 7) is 2.77. The van der Waals surface area contributed by atoms with E-state index in [0.29, 0.717) is 5.13 Å². The van der Waals surface area contributed by atoms with Gasteiger partial charge in [0.1, 0.15) is 5.75 Å². The van der Waals surface area contributed by atoms with E-state index in [4.69, 9.17) is 10.5 Å². The molecule has 0 aliphatic rings. The molecule has 2 rings (SSSR count). The lowest BCUT2D eigenvalue weighted by Crippen LogP contribution is -2.26. The molecule has 1 heterocycles. The molecule has 0 aliphatic carbocycles. The molecule has 0 saturated heterocycles. The highest BCUT2D eigenvalue weighted by Crippen LogP contribution is 2.32. The van der Waals surface area contributed by atoms with E-state index in [1.807, 2.05) is 31.3 Å². The van der Waals surface area contributed by atoms with E-state index < -0.39 is 0 Å². The van der Waals surface area contributed by atoms with Gasteiger partial charge in [0.15, 0.2) is 5.13 Å². The first-order valence-electron chi connectivity index (χ1n) is 6.86. The van der Waals surface area contributed by atoms with Crippen LogP contribution in [0.5, 0.6) is 5.75 Å². The molecule has 0 radical (unpaired) electrons. The number of methoxy groups -OCH3 is 1. The van der Waals surface area contributed by atoms with Gasteiger partial charge in [-0.25, -0.2) is 4.98 Å². The lowest BCUT2D eigenvalue weighted by atomic mass is 10.1. The van der Waals surface area contributed by atoms with Crippen LogP contribution < -0.4 is 15.8 Å². The van der Waals surface area contributed by atoms with Crippen molar-refractivity contribution in [2.24, 2.45) is 0 Å². The molecule has 2 aromatic rings. The van der Waals surface area contributed by atoms with Gasteiger partial charge in [0.2, 0.25) is 0 Å². The van der Waals surface area contributed by atoms with Gasteiger partial charge in [-0.1, -0.05) is 12.1 Å². The third kappa shape index (κ3) is 4.17. The maximum atomic E-state index is 5.91. The van der Waals surface area contributed by atoms with Crippen molar-refractivity contribution in [3.63, 3.8) is 0 Å². The van der Waals surface area contributed by atoms with Gasteiger partial charge >= 0.3 is 0 Å². The molecule has 0 atom stereocenters. The summed E-state index contributed by atoms with van der Waals surface area (Å²) < 4.78 is 5.28. The Hall–Kier alpha value is -1.63. The summed E-state index contributed by atoms with van der Waals surface area (Å²) in [7, 11) is 5.73. The van der Waals surface area contributed by atoms with Crippen LogP contribution in [0.4, 0.5) is 5.13 Å².